The molecule has 0 spiro atoms. The topological polar surface area (TPSA) is 74.1 Å². The highest BCUT2D eigenvalue weighted by Gasteiger charge is 2.08. The van der Waals surface area contributed by atoms with Crippen LogP contribution in [0.2, 0.25) is 0 Å². The number of carbonyl (C=O) groups excluding carboxylic acids is 1. The van der Waals surface area contributed by atoms with Crippen LogP contribution in [0.5, 0.6) is 5.75 Å². The number of benzene rings is 1. The Hall–Kier alpha value is -2.19. The zero-order chi connectivity index (χ0) is 15.5. The summed E-state index contributed by atoms with van der Waals surface area (Å²) in [6.45, 7) is 2.86. The van der Waals surface area contributed by atoms with E-state index in [9.17, 15) is 4.79 Å². The molecule has 0 aromatic heterocycles. The van der Waals surface area contributed by atoms with Gasteiger partial charge in [0, 0.05) is 18.6 Å². The van der Waals surface area contributed by atoms with Crippen LogP contribution in [0.3, 0.4) is 0 Å². The lowest BCUT2D eigenvalue weighted by atomic mass is 10.2. The van der Waals surface area contributed by atoms with Crippen LogP contribution in [0, 0.1) is 11.3 Å². The predicted molar refractivity (Wildman–Crippen MR) is 83.3 cm³/mol. The van der Waals surface area contributed by atoms with Gasteiger partial charge in [-0.3, -0.25) is 4.79 Å². The highest BCUT2D eigenvalue weighted by molar-refractivity contribution is 6.17. The average Bonchev–Trinajstić information content (AvgIpc) is 2.50. The number of halogens is 1. The first-order valence-corrected chi connectivity index (χ1v) is 7.19. The van der Waals surface area contributed by atoms with E-state index in [2.05, 4.69) is 10.6 Å². The lowest BCUT2D eigenvalue weighted by Gasteiger charge is -2.09. The number of amides is 1. The summed E-state index contributed by atoms with van der Waals surface area (Å²) in [6, 6.07) is 9.17. The maximum atomic E-state index is 11.8. The van der Waals surface area contributed by atoms with Gasteiger partial charge in [0.2, 0.25) is 0 Å². The second-order valence-electron chi connectivity index (χ2n) is 4.04. The van der Waals surface area contributed by atoms with E-state index >= 15 is 0 Å². The van der Waals surface area contributed by atoms with Crippen molar-refractivity contribution in [3.63, 3.8) is 0 Å². The van der Waals surface area contributed by atoms with Crippen LogP contribution < -0.4 is 15.4 Å². The second kappa shape index (κ2) is 9.67. The Bertz CT molecular complexity index is 538. The molecule has 1 rings (SSSR count). The first-order chi connectivity index (χ1) is 10.2. The quantitative estimate of drug-likeness (QED) is 0.335. The van der Waals surface area contributed by atoms with Crippen molar-refractivity contribution in [2.45, 2.75) is 13.3 Å². The van der Waals surface area contributed by atoms with Gasteiger partial charge in [0.15, 0.2) is 0 Å². The molecule has 6 heteroatoms. The van der Waals surface area contributed by atoms with Gasteiger partial charge in [-0.1, -0.05) is 12.1 Å². The summed E-state index contributed by atoms with van der Waals surface area (Å²) in [5, 5.41) is 14.6. The number of nitriles is 1. The molecule has 0 radical (unpaired) electrons. The van der Waals surface area contributed by atoms with E-state index < -0.39 is 5.91 Å². The van der Waals surface area contributed by atoms with E-state index in [1.165, 1.54) is 6.20 Å². The maximum Gasteiger partial charge on any atom is 0.263 e. The van der Waals surface area contributed by atoms with Gasteiger partial charge in [0.05, 0.1) is 12.3 Å². The Kier molecular flexibility index (Phi) is 7.77. The molecular formula is C15H18ClN3O2. The number of para-hydroxylation sites is 2. The number of hydrogen-bond donors (Lipinski definition) is 2. The number of anilines is 1. The molecule has 0 bridgehead atoms. The molecule has 0 unspecified atom stereocenters. The van der Waals surface area contributed by atoms with Crippen molar-refractivity contribution in [1.29, 1.82) is 5.26 Å². The summed E-state index contributed by atoms with van der Waals surface area (Å²) in [5.74, 6) is 0.700. The molecule has 0 aliphatic rings. The van der Waals surface area contributed by atoms with Crippen molar-refractivity contribution in [2.75, 3.05) is 24.3 Å². The van der Waals surface area contributed by atoms with Gasteiger partial charge in [0.1, 0.15) is 17.4 Å². The second-order valence-corrected chi connectivity index (χ2v) is 4.42. The number of nitrogens with zero attached hydrogens (tertiary/aromatic N) is 1. The van der Waals surface area contributed by atoms with Crippen LogP contribution in [0.1, 0.15) is 13.3 Å². The molecular weight excluding hydrogens is 290 g/mol. The fourth-order valence-electron chi connectivity index (χ4n) is 1.53. The third kappa shape index (κ3) is 5.76. The largest absolute Gasteiger partial charge is 0.492 e. The lowest BCUT2D eigenvalue weighted by Crippen LogP contribution is -2.26. The van der Waals surface area contributed by atoms with Gasteiger partial charge >= 0.3 is 0 Å². The van der Waals surface area contributed by atoms with Gasteiger partial charge in [-0.2, -0.15) is 5.26 Å². The summed E-state index contributed by atoms with van der Waals surface area (Å²) in [4.78, 5) is 11.8. The number of hydrogen-bond acceptors (Lipinski definition) is 4. The minimum absolute atomic E-state index is 0.00382. The third-order valence-corrected chi connectivity index (χ3v) is 2.79. The van der Waals surface area contributed by atoms with E-state index in [0.29, 0.717) is 36.9 Å². The molecule has 0 fully saturated rings. The van der Waals surface area contributed by atoms with Crippen molar-refractivity contribution in [3.8, 4) is 11.8 Å². The van der Waals surface area contributed by atoms with Crippen LogP contribution in [0.4, 0.5) is 5.69 Å². The average molecular weight is 308 g/mol. The first-order valence-electron chi connectivity index (χ1n) is 6.65. The Morgan fingerprint density at radius 3 is 2.90 bits per heavy atom. The smallest absolute Gasteiger partial charge is 0.263 e. The van der Waals surface area contributed by atoms with Crippen molar-refractivity contribution in [1.82, 2.24) is 5.32 Å². The van der Waals surface area contributed by atoms with Crippen LogP contribution in [0.15, 0.2) is 36.0 Å². The number of nitrogens with one attached hydrogen (secondary N) is 2. The highest BCUT2D eigenvalue weighted by Crippen LogP contribution is 2.23. The predicted octanol–water partition coefficient (Wildman–Crippen LogP) is 2.65. The summed E-state index contributed by atoms with van der Waals surface area (Å²) in [6.07, 6.45) is 2.03. The maximum absolute atomic E-state index is 11.8. The van der Waals surface area contributed by atoms with E-state index in [0.717, 1.165) is 0 Å². The molecule has 2 N–H and O–H groups in total. The van der Waals surface area contributed by atoms with E-state index in [1.54, 1.807) is 0 Å². The van der Waals surface area contributed by atoms with Crippen LogP contribution >= 0.6 is 11.6 Å². The molecule has 0 saturated heterocycles. The van der Waals surface area contributed by atoms with Crippen molar-refractivity contribution in [2.24, 2.45) is 0 Å². The molecule has 21 heavy (non-hydrogen) atoms. The first kappa shape index (κ1) is 16.9. The van der Waals surface area contributed by atoms with E-state index in [-0.39, 0.29) is 5.57 Å². The van der Waals surface area contributed by atoms with E-state index in [1.807, 2.05) is 37.3 Å². The van der Waals surface area contributed by atoms with Gasteiger partial charge in [-0.15, -0.1) is 11.6 Å². The SMILES string of the molecule is CCOc1ccccc1N/C=C(/C#N)C(=O)NCCCCl. The van der Waals surface area contributed by atoms with Gasteiger partial charge < -0.3 is 15.4 Å². The molecule has 0 aliphatic carbocycles. The Morgan fingerprint density at radius 2 is 2.24 bits per heavy atom. The molecule has 0 aliphatic heterocycles. The van der Waals surface area contributed by atoms with Crippen molar-refractivity contribution >= 4 is 23.2 Å². The molecule has 5 nitrogen and oxygen atoms in total. The van der Waals surface area contributed by atoms with Crippen molar-refractivity contribution < 1.29 is 9.53 Å². The summed E-state index contributed by atoms with van der Waals surface area (Å²) < 4.78 is 5.45. The summed E-state index contributed by atoms with van der Waals surface area (Å²) >= 11 is 5.53. The molecule has 1 aromatic rings. The zero-order valence-corrected chi connectivity index (χ0v) is 12.6. The Balaban J connectivity index is 2.72. The minimum atomic E-state index is -0.427. The molecule has 112 valence electrons. The van der Waals surface area contributed by atoms with Gasteiger partial charge in [-0.25, -0.2) is 0 Å². The zero-order valence-electron chi connectivity index (χ0n) is 11.9. The standard InChI is InChI=1S/C15H18ClN3O2/c1-2-21-14-7-4-3-6-13(14)19-11-12(10-17)15(20)18-9-5-8-16/h3-4,6-7,11,19H,2,5,8-9H2,1H3,(H,18,20)/b12-11-. The number of rotatable bonds is 8. The molecule has 0 heterocycles. The Morgan fingerprint density at radius 1 is 1.48 bits per heavy atom. The third-order valence-electron chi connectivity index (χ3n) is 2.52. The lowest BCUT2D eigenvalue weighted by molar-refractivity contribution is -0.117. The number of ether oxygens (including phenoxy) is 1. The van der Waals surface area contributed by atoms with E-state index in [4.69, 9.17) is 21.6 Å². The van der Waals surface area contributed by atoms with Crippen LogP contribution in [-0.2, 0) is 4.79 Å². The highest BCUT2D eigenvalue weighted by atomic mass is 35.5. The molecule has 0 atom stereocenters. The molecule has 1 amide bonds. The van der Waals surface area contributed by atoms with Crippen LogP contribution in [-0.4, -0.2) is 24.9 Å². The molecule has 1 aromatic carbocycles. The van der Waals surface area contributed by atoms with Gasteiger partial charge in [0.25, 0.3) is 5.91 Å². The van der Waals surface area contributed by atoms with Crippen LogP contribution in [0.25, 0.3) is 0 Å². The minimum Gasteiger partial charge on any atom is -0.492 e. The fraction of sp³-hybridized carbons (Fsp3) is 0.333. The normalized spacial score (nSPS) is 10.6. The fourth-order valence-corrected chi connectivity index (χ4v) is 1.66. The molecule has 0 saturated carbocycles. The summed E-state index contributed by atoms with van der Waals surface area (Å²) in [7, 11) is 0. The monoisotopic (exact) mass is 307 g/mol. The van der Waals surface area contributed by atoms with Crippen molar-refractivity contribution in [3.05, 3.63) is 36.0 Å². The summed E-state index contributed by atoms with van der Waals surface area (Å²) in [5.41, 5.74) is 0.691. The Labute approximate surface area is 129 Å². The number of alkyl halides is 1. The number of carbonyl (C=O) groups is 1. The van der Waals surface area contributed by atoms with Gasteiger partial charge in [-0.05, 0) is 25.5 Å².